The van der Waals surface area contributed by atoms with Crippen LogP contribution in [0.5, 0.6) is 0 Å². The lowest BCUT2D eigenvalue weighted by Gasteiger charge is -2.28. The van der Waals surface area contributed by atoms with Crippen LogP contribution in [-0.4, -0.2) is 24.8 Å². The highest BCUT2D eigenvalue weighted by Gasteiger charge is 2.21. The molecule has 0 radical (unpaired) electrons. The Bertz CT molecular complexity index is 1160. The first-order valence-corrected chi connectivity index (χ1v) is 12.5. The normalized spacial score (nSPS) is 14.2. The molecule has 0 fully saturated rings. The number of nitrogens with one attached hydrogen (secondary N) is 1. The minimum Gasteiger partial charge on any atom is -0.293 e. The molecule has 168 valence electrons. The fourth-order valence-electron chi connectivity index (χ4n) is 3.93. The van der Waals surface area contributed by atoms with E-state index in [0.29, 0.717) is 5.69 Å². The van der Waals surface area contributed by atoms with Crippen LogP contribution in [0.1, 0.15) is 42.1 Å². The van der Waals surface area contributed by atoms with Crippen molar-refractivity contribution in [3.05, 3.63) is 89.0 Å². The Labute approximate surface area is 189 Å². The summed E-state index contributed by atoms with van der Waals surface area (Å²) in [7, 11) is -3.73. The van der Waals surface area contributed by atoms with Crippen molar-refractivity contribution in [1.82, 2.24) is 9.88 Å². The molecule has 0 atom stereocenters. The Morgan fingerprint density at radius 1 is 1.06 bits per heavy atom. The summed E-state index contributed by atoms with van der Waals surface area (Å²) in [6, 6.07) is 14.8. The van der Waals surface area contributed by atoms with Crippen LogP contribution in [-0.2, 0) is 36.0 Å². The Balaban J connectivity index is 1.41. The number of aromatic nitrogens is 1. The van der Waals surface area contributed by atoms with E-state index in [-0.39, 0.29) is 4.90 Å². The molecule has 0 bridgehead atoms. The van der Waals surface area contributed by atoms with Gasteiger partial charge in [0.05, 0.1) is 10.6 Å². The first-order chi connectivity index (χ1) is 15.4. The smallest absolute Gasteiger partial charge is 0.261 e. The van der Waals surface area contributed by atoms with Crippen LogP contribution in [0.25, 0.3) is 0 Å². The van der Waals surface area contributed by atoms with Crippen molar-refractivity contribution < 1.29 is 12.8 Å². The Morgan fingerprint density at radius 2 is 1.88 bits per heavy atom. The molecule has 0 aliphatic carbocycles. The second kappa shape index (κ2) is 9.79. The molecule has 3 aromatic rings. The number of hydrogen-bond acceptors (Lipinski definition) is 4. The fraction of sp³-hybridized carbons (Fsp3) is 0.320. The van der Waals surface area contributed by atoms with Gasteiger partial charge in [0.1, 0.15) is 5.82 Å². The predicted octanol–water partition coefficient (Wildman–Crippen LogP) is 4.92. The predicted molar refractivity (Wildman–Crippen MR) is 124 cm³/mol. The lowest BCUT2D eigenvalue weighted by molar-refractivity contribution is 0.242. The van der Waals surface area contributed by atoms with E-state index in [1.807, 2.05) is 12.3 Å². The van der Waals surface area contributed by atoms with Crippen LogP contribution < -0.4 is 4.72 Å². The number of benzene rings is 2. The molecule has 32 heavy (non-hydrogen) atoms. The van der Waals surface area contributed by atoms with Crippen LogP contribution in [0.4, 0.5) is 10.1 Å². The maximum atomic E-state index is 13.1. The van der Waals surface area contributed by atoms with Crippen molar-refractivity contribution >= 4 is 15.7 Å². The van der Waals surface area contributed by atoms with E-state index in [0.717, 1.165) is 49.3 Å². The summed E-state index contributed by atoms with van der Waals surface area (Å²) in [5.41, 5.74) is 4.85. The fourth-order valence-corrected chi connectivity index (χ4v) is 5.04. The minimum atomic E-state index is -3.73. The monoisotopic (exact) mass is 453 g/mol. The highest BCUT2D eigenvalue weighted by atomic mass is 32.2. The topological polar surface area (TPSA) is 62.3 Å². The summed E-state index contributed by atoms with van der Waals surface area (Å²) in [6.45, 7) is 4.58. The van der Waals surface area contributed by atoms with Crippen LogP contribution in [0.3, 0.4) is 0 Å². The number of sulfonamides is 1. The van der Waals surface area contributed by atoms with Gasteiger partial charge in [0, 0.05) is 31.5 Å². The van der Waals surface area contributed by atoms with Gasteiger partial charge in [0.2, 0.25) is 0 Å². The Morgan fingerprint density at radius 3 is 2.59 bits per heavy atom. The second-order valence-corrected chi connectivity index (χ2v) is 9.95. The number of rotatable bonds is 8. The van der Waals surface area contributed by atoms with Gasteiger partial charge < -0.3 is 0 Å². The lowest BCUT2D eigenvalue weighted by atomic mass is 10.00. The number of fused-ring (bicyclic) bond motifs is 1. The highest BCUT2D eigenvalue weighted by molar-refractivity contribution is 7.92. The molecule has 7 heteroatoms. The molecule has 2 heterocycles. The zero-order valence-corrected chi connectivity index (χ0v) is 19.0. The van der Waals surface area contributed by atoms with E-state index >= 15 is 0 Å². The summed E-state index contributed by atoms with van der Waals surface area (Å²) < 4.78 is 41.1. The molecule has 1 aromatic heterocycles. The van der Waals surface area contributed by atoms with E-state index < -0.39 is 15.8 Å². The summed E-state index contributed by atoms with van der Waals surface area (Å²) in [5, 5.41) is 0. The molecule has 0 amide bonds. The van der Waals surface area contributed by atoms with E-state index in [9.17, 15) is 12.8 Å². The second-order valence-electron chi connectivity index (χ2n) is 8.26. The molecule has 1 N–H and O–H groups in total. The number of hydrogen-bond donors (Lipinski definition) is 1. The molecular formula is C25H28FN3O2S. The van der Waals surface area contributed by atoms with Crippen molar-refractivity contribution in [2.45, 2.75) is 50.6 Å². The van der Waals surface area contributed by atoms with Crippen LogP contribution in [0.15, 0.2) is 65.7 Å². The standard InChI is InChI=1S/C25H28FN3O2S/c1-2-3-4-19-5-9-24(27-16-19)18-29-14-13-20-15-25(12-6-21(20)17-29)32(30,31)28-23-10-7-22(26)8-11-23/h5-12,15-16,28H,2-4,13-14,17-18H2,1H3. The summed E-state index contributed by atoms with van der Waals surface area (Å²) in [6.07, 6.45) is 6.20. The SMILES string of the molecule is CCCCc1ccc(CN2CCc3cc(S(=O)(=O)Nc4ccc(F)cc4)ccc3C2)nc1. The molecule has 1 aliphatic rings. The minimum absolute atomic E-state index is 0.221. The number of unbranched alkanes of at least 4 members (excludes halogenated alkanes) is 1. The molecule has 4 rings (SSSR count). The third kappa shape index (κ3) is 5.53. The third-order valence-corrected chi connectivity index (χ3v) is 7.15. The number of pyridine rings is 1. The first kappa shape index (κ1) is 22.4. The third-order valence-electron chi connectivity index (χ3n) is 5.77. The first-order valence-electron chi connectivity index (χ1n) is 11.0. The van der Waals surface area contributed by atoms with E-state index in [1.54, 1.807) is 12.1 Å². The molecule has 0 spiro atoms. The van der Waals surface area contributed by atoms with Crippen molar-refractivity contribution in [1.29, 1.82) is 0 Å². The van der Waals surface area contributed by atoms with Gasteiger partial charge in [-0.25, -0.2) is 12.8 Å². The van der Waals surface area contributed by atoms with Gasteiger partial charge in [-0.2, -0.15) is 0 Å². The molecule has 0 saturated carbocycles. The van der Waals surface area contributed by atoms with Gasteiger partial charge >= 0.3 is 0 Å². The van der Waals surface area contributed by atoms with Gasteiger partial charge in [-0.3, -0.25) is 14.6 Å². The molecule has 0 saturated heterocycles. The van der Waals surface area contributed by atoms with Crippen LogP contribution in [0, 0.1) is 5.82 Å². The number of anilines is 1. The molecule has 1 aliphatic heterocycles. The maximum absolute atomic E-state index is 13.1. The van der Waals surface area contributed by atoms with E-state index in [2.05, 4.69) is 33.7 Å². The molecule has 5 nitrogen and oxygen atoms in total. The largest absolute Gasteiger partial charge is 0.293 e. The van der Waals surface area contributed by atoms with Crippen molar-refractivity contribution in [3.8, 4) is 0 Å². The zero-order chi connectivity index (χ0) is 22.6. The average molecular weight is 454 g/mol. The van der Waals surface area contributed by atoms with Gasteiger partial charge in [-0.05, 0) is 78.4 Å². The van der Waals surface area contributed by atoms with Gasteiger partial charge in [-0.15, -0.1) is 0 Å². The summed E-state index contributed by atoms with van der Waals surface area (Å²) in [5.74, 6) is -0.408. The van der Waals surface area contributed by atoms with Crippen LogP contribution >= 0.6 is 0 Å². The quantitative estimate of drug-likeness (QED) is 0.526. The molecular weight excluding hydrogens is 425 g/mol. The number of halogens is 1. The van der Waals surface area contributed by atoms with Crippen molar-refractivity contribution in [3.63, 3.8) is 0 Å². The van der Waals surface area contributed by atoms with Gasteiger partial charge in [-0.1, -0.05) is 25.5 Å². The van der Waals surface area contributed by atoms with Crippen molar-refractivity contribution in [2.24, 2.45) is 0 Å². The Kier molecular flexibility index (Phi) is 6.86. The van der Waals surface area contributed by atoms with Crippen LogP contribution in [0.2, 0.25) is 0 Å². The summed E-state index contributed by atoms with van der Waals surface area (Å²) in [4.78, 5) is 7.18. The van der Waals surface area contributed by atoms with Gasteiger partial charge in [0.25, 0.3) is 10.0 Å². The maximum Gasteiger partial charge on any atom is 0.261 e. The number of aryl methyl sites for hydroxylation is 1. The van der Waals surface area contributed by atoms with Gasteiger partial charge in [0.15, 0.2) is 0 Å². The lowest BCUT2D eigenvalue weighted by Crippen LogP contribution is -2.30. The average Bonchev–Trinajstić information content (AvgIpc) is 2.79. The zero-order valence-electron chi connectivity index (χ0n) is 18.2. The highest BCUT2D eigenvalue weighted by Crippen LogP contribution is 2.25. The number of nitrogens with zero attached hydrogens (tertiary/aromatic N) is 2. The molecule has 2 aromatic carbocycles. The van der Waals surface area contributed by atoms with Crippen molar-refractivity contribution in [2.75, 3.05) is 11.3 Å². The molecule has 0 unspecified atom stereocenters. The Hall–Kier alpha value is -2.77. The summed E-state index contributed by atoms with van der Waals surface area (Å²) >= 11 is 0. The van der Waals surface area contributed by atoms with E-state index in [1.165, 1.54) is 42.7 Å². The van der Waals surface area contributed by atoms with E-state index in [4.69, 9.17) is 0 Å².